The largest absolute Gasteiger partial charge is 0.496 e. The topological polar surface area (TPSA) is 103 Å². The van der Waals surface area contributed by atoms with E-state index in [-0.39, 0.29) is 0 Å². The molecule has 1 aromatic heterocycles. The number of aromatic nitrogens is 2. The van der Waals surface area contributed by atoms with Crippen molar-refractivity contribution in [3.05, 3.63) is 59.4 Å². The van der Waals surface area contributed by atoms with E-state index in [1.165, 1.54) is 6.33 Å². The second kappa shape index (κ2) is 10.4. The van der Waals surface area contributed by atoms with Gasteiger partial charge in [-0.05, 0) is 48.1 Å². The van der Waals surface area contributed by atoms with E-state index in [2.05, 4.69) is 29.1 Å². The van der Waals surface area contributed by atoms with Crippen molar-refractivity contribution >= 4 is 11.8 Å². The van der Waals surface area contributed by atoms with Crippen molar-refractivity contribution in [2.24, 2.45) is 5.92 Å². The maximum atomic E-state index is 11.6. The van der Waals surface area contributed by atoms with Crippen molar-refractivity contribution in [3.63, 3.8) is 0 Å². The van der Waals surface area contributed by atoms with Crippen LogP contribution in [0.2, 0.25) is 0 Å². The number of carboxylic acid groups (broad SMARTS) is 1. The Morgan fingerprint density at radius 3 is 2.56 bits per heavy atom. The molecule has 34 heavy (non-hydrogen) atoms. The monoisotopic (exact) mass is 463 g/mol. The number of hydrogen-bond donors (Lipinski definition) is 2. The zero-order valence-corrected chi connectivity index (χ0v) is 19.6. The average Bonchev–Trinajstić information content (AvgIpc) is 2.83. The molecule has 2 aromatic carbocycles. The van der Waals surface area contributed by atoms with Crippen molar-refractivity contribution < 1.29 is 24.1 Å². The molecule has 178 valence electrons. The first-order valence-corrected chi connectivity index (χ1v) is 11.3. The quantitative estimate of drug-likeness (QED) is 0.479. The normalized spacial score (nSPS) is 12.5. The summed E-state index contributed by atoms with van der Waals surface area (Å²) >= 11 is 0. The summed E-state index contributed by atoms with van der Waals surface area (Å²) in [5, 5.41) is 12.9. The number of fused-ring (bicyclic) bond motifs is 1. The van der Waals surface area contributed by atoms with Crippen molar-refractivity contribution in [2.45, 2.75) is 26.7 Å². The number of methoxy groups -OCH3 is 1. The van der Waals surface area contributed by atoms with Crippen LogP contribution in [-0.4, -0.2) is 47.9 Å². The van der Waals surface area contributed by atoms with Gasteiger partial charge < -0.3 is 24.6 Å². The van der Waals surface area contributed by atoms with Crippen molar-refractivity contribution in [1.29, 1.82) is 0 Å². The van der Waals surface area contributed by atoms with Crippen LogP contribution in [0.15, 0.2) is 42.7 Å². The van der Waals surface area contributed by atoms with Crippen LogP contribution in [-0.2, 0) is 12.8 Å². The van der Waals surface area contributed by atoms with Gasteiger partial charge in [0.15, 0.2) is 11.5 Å². The molecule has 0 radical (unpaired) electrons. The summed E-state index contributed by atoms with van der Waals surface area (Å²) in [6.07, 6.45) is 2.89. The molecule has 0 atom stereocenters. The van der Waals surface area contributed by atoms with Gasteiger partial charge in [-0.1, -0.05) is 19.9 Å². The molecule has 2 N–H and O–H groups in total. The fraction of sp³-hybridized carbons (Fsp3) is 0.346. The summed E-state index contributed by atoms with van der Waals surface area (Å²) in [6.45, 7) is 5.84. The molecule has 0 aliphatic carbocycles. The molecule has 0 bridgehead atoms. The van der Waals surface area contributed by atoms with Crippen LogP contribution in [0.4, 0.5) is 5.82 Å². The Morgan fingerprint density at radius 1 is 1.09 bits per heavy atom. The summed E-state index contributed by atoms with van der Waals surface area (Å²) in [7, 11) is 1.64. The number of ether oxygens (including phenoxy) is 3. The Bertz CT molecular complexity index is 1180. The molecule has 0 saturated heterocycles. The number of carbonyl (C=O) groups is 1. The first kappa shape index (κ1) is 23.4. The zero-order chi connectivity index (χ0) is 24.1. The summed E-state index contributed by atoms with van der Waals surface area (Å²) in [6, 6.07) is 11.0. The van der Waals surface area contributed by atoms with Gasteiger partial charge in [0.05, 0.1) is 18.4 Å². The highest BCUT2D eigenvalue weighted by Crippen LogP contribution is 2.37. The summed E-state index contributed by atoms with van der Waals surface area (Å²) in [5.41, 5.74) is 3.74. The minimum atomic E-state index is -0.915. The molecule has 8 heteroatoms. The van der Waals surface area contributed by atoms with Crippen LogP contribution < -0.4 is 19.5 Å². The molecular formula is C26H29N3O5. The molecular weight excluding hydrogens is 434 g/mol. The van der Waals surface area contributed by atoms with E-state index in [1.54, 1.807) is 19.2 Å². The fourth-order valence-corrected chi connectivity index (χ4v) is 4.01. The van der Waals surface area contributed by atoms with Crippen LogP contribution in [0, 0.1) is 5.92 Å². The number of rotatable bonds is 9. The number of aromatic carboxylic acids is 1. The summed E-state index contributed by atoms with van der Waals surface area (Å²) in [4.78, 5) is 20.3. The maximum Gasteiger partial charge on any atom is 0.335 e. The first-order valence-electron chi connectivity index (χ1n) is 11.3. The van der Waals surface area contributed by atoms with Gasteiger partial charge in [0.1, 0.15) is 31.1 Å². The average molecular weight is 464 g/mol. The molecule has 0 saturated carbocycles. The van der Waals surface area contributed by atoms with E-state index in [4.69, 9.17) is 14.2 Å². The lowest BCUT2D eigenvalue weighted by atomic mass is 9.95. The van der Waals surface area contributed by atoms with Gasteiger partial charge in [-0.3, -0.25) is 0 Å². The molecule has 0 amide bonds. The third-order valence-electron chi connectivity index (χ3n) is 5.57. The lowest BCUT2D eigenvalue weighted by Crippen LogP contribution is -2.16. The molecule has 0 spiro atoms. The minimum Gasteiger partial charge on any atom is -0.496 e. The smallest absolute Gasteiger partial charge is 0.335 e. The van der Waals surface area contributed by atoms with E-state index in [1.807, 2.05) is 24.3 Å². The molecule has 0 fully saturated rings. The number of benzene rings is 2. The second-order valence-corrected chi connectivity index (χ2v) is 8.55. The third kappa shape index (κ3) is 5.39. The predicted octanol–water partition coefficient (Wildman–Crippen LogP) is 4.47. The van der Waals surface area contributed by atoms with Crippen molar-refractivity contribution in [2.75, 3.05) is 32.2 Å². The van der Waals surface area contributed by atoms with Crippen molar-refractivity contribution in [3.8, 4) is 28.5 Å². The Labute approximate surface area is 198 Å². The number of nitrogens with one attached hydrogen (secondary N) is 1. The standard InChI is InChI=1S/C26H29N3O5/c1-16(2)10-19-11-17(4-5-20(19)26(30)31)21-13-25(29-15-28-21)27-7-6-18-12-23-24(14-22(18)32-3)34-9-8-33-23/h4-5,11-16H,6-10H2,1-3H3,(H,30,31)(H,27,28,29). The molecule has 4 rings (SSSR count). The number of nitrogens with zero attached hydrogens (tertiary/aromatic N) is 2. The van der Waals surface area contributed by atoms with E-state index in [9.17, 15) is 9.90 Å². The number of anilines is 1. The van der Waals surface area contributed by atoms with Gasteiger partial charge in [0, 0.05) is 24.2 Å². The molecule has 1 aliphatic heterocycles. The highest BCUT2D eigenvalue weighted by atomic mass is 16.6. The van der Waals surface area contributed by atoms with Crippen LogP contribution >= 0.6 is 0 Å². The molecule has 2 heterocycles. The SMILES string of the molecule is COc1cc2c(cc1CCNc1cc(-c3ccc(C(=O)O)c(CC(C)C)c3)ncn1)OCCO2. The minimum absolute atomic E-state index is 0.332. The van der Waals surface area contributed by atoms with Crippen molar-refractivity contribution in [1.82, 2.24) is 9.97 Å². The van der Waals surface area contributed by atoms with Gasteiger partial charge in [-0.2, -0.15) is 0 Å². The van der Waals surface area contributed by atoms with E-state index in [0.29, 0.717) is 55.6 Å². The summed E-state index contributed by atoms with van der Waals surface area (Å²) < 4.78 is 16.8. The fourth-order valence-electron chi connectivity index (χ4n) is 4.01. The molecule has 3 aromatic rings. The van der Waals surface area contributed by atoms with Gasteiger partial charge in [-0.15, -0.1) is 0 Å². The van der Waals surface area contributed by atoms with Gasteiger partial charge >= 0.3 is 5.97 Å². The molecule has 1 aliphatic rings. The van der Waals surface area contributed by atoms with Crippen LogP contribution in [0.1, 0.15) is 35.3 Å². The maximum absolute atomic E-state index is 11.6. The lowest BCUT2D eigenvalue weighted by Gasteiger charge is -2.20. The summed E-state index contributed by atoms with van der Waals surface area (Å²) in [5.74, 6) is 2.30. The second-order valence-electron chi connectivity index (χ2n) is 8.55. The number of hydrogen-bond acceptors (Lipinski definition) is 7. The Balaban J connectivity index is 1.48. The Morgan fingerprint density at radius 2 is 1.85 bits per heavy atom. The third-order valence-corrected chi connectivity index (χ3v) is 5.57. The zero-order valence-electron chi connectivity index (χ0n) is 19.6. The van der Waals surface area contributed by atoms with Gasteiger partial charge in [-0.25, -0.2) is 14.8 Å². The Kier molecular flexibility index (Phi) is 7.15. The highest BCUT2D eigenvalue weighted by Gasteiger charge is 2.17. The number of carboxylic acids is 1. The molecule has 0 unspecified atom stereocenters. The lowest BCUT2D eigenvalue weighted by molar-refractivity contribution is 0.0695. The highest BCUT2D eigenvalue weighted by molar-refractivity contribution is 5.90. The van der Waals surface area contributed by atoms with Crippen LogP contribution in [0.3, 0.4) is 0 Å². The van der Waals surface area contributed by atoms with Crippen LogP contribution in [0.25, 0.3) is 11.3 Å². The Hall–Kier alpha value is -3.81. The molecule has 8 nitrogen and oxygen atoms in total. The predicted molar refractivity (Wildman–Crippen MR) is 129 cm³/mol. The van der Waals surface area contributed by atoms with E-state index < -0.39 is 5.97 Å². The van der Waals surface area contributed by atoms with Crippen LogP contribution in [0.5, 0.6) is 17.2 Å². The van der Waals surface area contributed by atoms with E-state index >= 15 is 0 Å². The van der Waals surface area contributed by atoms with Gasteiger partial charge in [0.2, 0.25) is 0 Å². The van der Waals surface area contributed by atoms with Gasteiger partial charge in [0.25, 0.3) is 0 Å². The first-order chi connectivity index (χ1) is 16.4. The van der Waals surface area contributed by atoms with E-state index in [0.717, 1.165) is 33.9 Å².